The van der Waals surface area contributed by atoms with Crippen molar-refractivity contribution in [2.75, 3.05) is 13.7 Å². The van der Waals surface area contributed by atoms with Crippen LogP contribution in [-0.2, 0) is 14.3 Å². The third kappa shape index (κ3) is 5.16. The fourth-order valence-electron chi connectivity index (χ4n) is 2.12. The molecule has 1 rings (SSSR count). The Morgan fingerprint density at radius 3 is 2.50 bits per heavy atom. The lowest BCUT2D eigenvalue weighted by Gasteiger charge is -2.30. The molecule has 7 heteroatoms. The molecule has 22 heavy (non-hydrogen) atoms. The third-order valence-electron chi connectivity index (χ3n) is 3.27. The summed E-state index contributed by atoms with van der Waals surface area (Å²) in [4.78, 5) is 23.3. The first-order valence-electron chi connectivity index (χ1n) is 6.66. The smallest absolute Gasteiger partial charge is 0.305 e. The van der Waals surface area contributed by atoms with Crippen LogP contribution in [0.5, 0.6) is 0 Å². The van der Waals surface area contributed by atoms with E-state index in [1.165, 1.54) is 7.11 Å². The van der Waals surface area contributed by atoms with Crippen LogP contribution >= 0.6 is 23.2 Å². The SMILES string of the molecule is COCC(C)(CC(=O)O)NC(=O)C(C)c1ccc(Cl)c(Cl)c1. The summed E-state index contributed by atoms with van der Waals surface area (Å²) < 4.78 is 5.01. The van der Waals surface area contributed by atoms with Gasteiger partial charge < -0.3 is 15.2 Å². The number of nitrogens with one attached hydrogen (secondary N) is 1. The summed E-state index contributed by atoms with van der Waals surface area (Å²) in [5.41, 5.74) is -0.288. The minimum atomic E-state index is -1.01. The molecule has 0 aliphatic carbocycles. The second-order valence-electron chi connectivity index (χ2n) is 5.45. The predicted molar refractivity (Wildman–Crippen MR) is 85.6 cm³/mol. The highest BCUT2D eigenvalue weighted by Crippen LogP contribution is 2.27. The highest BCUT2D eigenvalue weighted by molar-refractivity contribution is 6.42. The first-order chi connectivity index (χ1) is 10.2. The van der Waals surface area contributed by atoms with E-state index in [2.05, 4.69) is 5.32 Å². The summed E-state index contributed by atoms with van der Waals surface area (Å²) in [6.45, 7) is 3.44. The van der Waals surface area contributed by atoms with E-state index < -0.39 is 17.4 Å². The number of carboxylic acids is 1. The molecule has 0 aliphatic heterocycles. The van der Waals surface area contributed by atoms with Crippen LogP contribution in [-0.4, -0.2) is 36.2 Å². The van der Waals surface area contributed by atoms with Gasteiger partial charge in [0.1, 0.15) is 0 Å². The van der Waals surface area contributed by atoms with Crippen LogP contribution in [0.4, 0.5) is 0 Å². The molecule has 2 unspecified atom stereocenters. The van der Waals surface area contributed by atoms with Gasteiger partial charge in [0.05, 0.1) is 34.5 Å². The molecule has 2 N–H and O–H groups in total. The summed E-state index contributed by atoms with van der Waals surface area (Å²) in [6, 6.07) is 4.96. The molecule has 0 fully saturated rings. The molecule has 1 aromatic carbocycles. The van der Waals surface area contributed by atoms with Crippen LogP contribution in [0.25, 0.3) is 0 Å². The van der Waals surface area contributed by atoms with Crippen LogP contribution in [0.15, 0.2) is 18.2 Å². The van der Waals surface area contributed by atoms with Crippen molar-refractivity contribution in [3.05, 3.63) is 33.8 Å². The summed E-state index contributed by atoms with van der Waals surface area (Å²) in [7, 11) is 1.45. The van der Waals surface area contributed by atoms with E-state index in [4.69, 9.17) is 33.0 Å². The maximum Gasteiger partial charge on any atom is 0.305 e. The van der Waals surface area contributed by atoms with Crippen molar-refractivity contribution < 1.29 is 19.4 Å². The summed E-state index contributed by atoms with van der Waals surface area (Å²) in [5.74, 6) is -1.82. The van der Waals surface area contributed by atoms with Gasteiger partial charge in [-0.2, -0.15) is 0 Å². The minimum Gasteiger partial charge on any atom is -0.481 e. The molecule has 2 atom stereocenters. The molecular weight excluding hydrogens is 329 g/mol. The molecule has 0 radical (unpaired) electrons. The lowest BCUT2D eigenvalue weighted by atomic mass is 9.95. The van der Waals surface area contributed by atoms with Gasteiger partial charge in [0.15, 0.2) is 0 Å². The largest absolute Gasteiger partial charge is 0.481 e. The number of halogens is 2. The molecule has 0 bridgehead atoms. The number of rotatable bonds is 7. The van der Waals surface area contributed by atoms with Crippen LogP contribution in [0.2, 0.25) is 10.0 Å². The van der Waals surface area contributed by atoms with Gasteiger partial charge >= 0.3 is 5.97 Å². The van der Waals surface area contributed by atoms with Gasteiger partial charge in [-0.1, -0.05) is 29.3 Å². The first kappa shape index (κ1) is 18.7. The van der Waals surface area contributed by atoms with Crippen molar-refractivity contribution in [2.24, 2.45) is 0 Å². The maximum absolute atomic E-state index is 12.4. The van der Waals surface area contributed by atoms with Crippen molar-refractivity contribution in [3.8, 4) is 0 Å². The number of hydrogen-bond acceptors (Lipinski definition) is 3. The van der Waals surface area contributed by atoms with Crippen molar-refractivity contribution in [3.63, 3.8) is 0 Å². The number of carbonyl (C=O) groups is 2. The Bertz CT molecular complexity index is 564. The zero-order valence-electron chi connectivity index (χ0n) is 12.7. The van der Waals surface area contributed by atoms with Crippen molar-refractivity contribution in [1.82, 2.24) is 5.32 Å². The molecule has 1 amide bonds. The van der Waals surface area contributed by atoms with E-state index in [9.17, 15) is 9.59 Å². The predicted octanol–water partition coefficient (Wildman–Crippen LogP) is 3.09. The number of carbonyl (C=O) groups excluding carboxylic acids is 1. The Morgan fingerprint density at radius 1 is 1.36 bits per heavy atom. The number of ether oxygens (including phenoxy) is 1. The zero-order chi connectivity index (χ0) is 16.9. The standard InChI is InChI=1S/C15H19Cl2NO4/c1-9(10-4-5-11(16)12(17)6-10)14(21)18-15(2,8-22-3)7-13(19)20/h4-6,9H,7-8H2,1-3H3,(H,18,21)(H,19,20). The van der Waals surface area contributed by atoms with E-state index in [1.807, 2.05) is 0 Å². The topological polar surface area (TPSA) is 75.6 Å². The molecular formula is C15H19Cl2NO4. The Kier molecular flexibility index (Phi) is 6.66. The Balaban J connectivity index is 2.88. The van der Waals surface area contributed by atoms with E-state index >= 15 is 0 Å². The summed E-state index contributed by atoms with van der Waals surface area (Å²) in [5, 5.41) is 12.5. The second kappa shape index (κ2) is 7.81. The molecule has 0 heterocycles. The number of benzene rings is 1. The zero-order valence-corrected chi connectivity index (χ0v) is 14.2. The number of aliphatic carboxylic acids is 1. The molecule has 0 aromatic heterocycles. The maximum atomic E-state index is 12.4. The van der Waals surface area contributed by atoms with Crippen molar-refractivity contribution >= 4 is 35.1 Å². The lowest BCUT2D eigenvalue weighted by Crippen LogP contribution is -2.51. The summed E-state index contributed by atoms with van der Waals surface area (Å²) in [6.07, 6.45) is -0.235. The second-order valence-corrected chi connectivity index (χ2v) is 6.26. The Labute approximate surface area is 139 Å². The fraction of sp³-hybridized carbons (Fsp3) is 0.467. The average Bonchev–Trinajstić information content (AvgIpc) is 2.40. The molecule has 0 aliphatic rings. The summed E-state index contributed by atoms with van der Waals surface area (Å²) >= 11 is 11.8. The third-order valence-corrected chi connectivity index (χ3v) is 4.01. The van der Waals surface area contributed by atoms with E-state index in [0.29, 0.717) is 15.6 Å². The van der Waals surface area contributed by atoms with Gasteiger partial charge in [0.25, 0.3) is 0 Å². The highest BCUT2D eigenvalue weighted by atomic mass is 35.5. The normalized spacial score (nSPS) is 15.0. The first-order valence-corrected chi connectivity index (χ1v) is 7.42. The van der Waals surface area contributed by atoms with Crippen LogP contribution in [0.3, 0.4) is 0 Å². The molecule has 5 nitrogen and oxygen atoms in total. The van der Waals surface area contributed by atoms with Gasteiger partial charge in [-0.25, -0.2) is 0 Å². The van der Waals surface area contributed by atoms with Crippen molar-refractivity contribution in [2.45, 2.75) is 31.7 Å². The van der Waals surface area contributed by atoms with Gasteiger partial charge in [0, 0.05) is 7.11 Å². The van der Waals surface area contributed by atoms with Crippen LogP contribution in [0.1, 0.15) is 31.7 Å². The average molecular weight is 348 g/mol. The lowest BCUT2D eigenvalue weighted by molar-refractivity contribution is -0.139. The molecule has 122 valence electrons. The van der Waals surface area contributed by atoms with E-state index in [0.717, 1.165) is 0 Å². The van der Waals surface area contributed by atoms with Gasteiger partial charge in [-0.3, -0.25) is 9.59 Å². The Morgan fingerprint density at radius 2 is 2.00 bits per heavy atom. The van der Waals surface area contributed by atoms with E-state index in [1.54, 1.807) is 32.0 Å². The minimum absolute atomic E-state index is 0.0964. The highest BCUT2D eigenvalue weighted by Gasteiger charge is 2.31. The number of amides is 1. The molecule has 0 saturated carbocycles. The molecule has 0 spiro atoms. The number of methoxy groups -OCH3 is 1. The van der Waals surface area contributed by atoms with Gasteiger partial charge in [0.2, 0.25) is 5.91 Å². The molecule has 1 aromatic rings. The van der Waals surface area contributed by atoms with E-state index in [-0.39, 0.29) is 18.9 Å². The van der Waals surface area contributed by atoms with Crippen LogP contribution in [0, 0.1) is 0 Å². The monoisotopic (exact) mass is 347 g/mol. The fourth-order valence-corrected chi connectivity index (χ4v) is 2.43. The Hall–Kier alpha value is -1.30. The van der Waals surface area contributed by atoms with Gasteiger partial charge in [-0.15, -0.1) is 0 Å². The van der Waals surface area contributed by atoms with Crippen LogP contribution < -0.4 is 5.32 Å². The molecule has 0 saturated heterocycles. The quantitative estimate of drug-likeness (QED) is 0.794. The van der Waals surface area contributed by atoms with Crippen molar-refractivity contribution in [1.29, 1.82) is 0 Å². The number of carboxylic acid groups (broad SMARTS) is 1. The number of hydrogen-bond donors (Lipinski definition) is 2. The van der Waals surface area contributed by atoms with Gasteiger partial charge in [-0.05, 0) is 31.5 Å².